The van der Waals surface area contributed by atoms with Crippen LogP contribution in [0.25, 0.3) is 0 Å². The molecule has 0 amide bonds. The van der Waals surface area contributed by atoms with Crippen molar-refractivity contribution in [3.8, 4) is 5.75 Å². The number of hydrogen-bond acceptors (Lipinski definition) is 4. The van der Waals surface area contributed by atoms with Crippen LogP contribution in [0.2, 0.25) is 5.02 Å². The summed E-state index contributed by atoms with van der Waals surface area (Å²) in [7, 11) is 1.62. The molecule has 0 unspecified atom stereocenters. The quantitative estimate of drug-likeness (QED) is 0.442. The van der Waals surface area contributed by atoms with Crippen molar-refractivity contribution < 1.29 is 9.53 Å². The molecule has 2 aromatic carbocycles. The molecular formula is C23H29ClN2O2. The summed E-state index contributed by atoms with van der Waals surface area (Å²) >= 11 is 5.97. The number of rotatable bonds is 9. The van der Waals surface area contributed by atoms with Gasteiger partial charge < -0.3 is 9.64 Å². The van der Waals surface area contributed by atoms with Crippen LogP contribution in [0.5, 0.6) is 5.75 Å². The zero-order chi connectivity index (χ0) is 19.8. The van der Waals surface area contributed by atoms with Crippen molar-refractivity contribution in [3.63, 3.8) is 0 Å². The van der Waals surface area contributed by atoms with E-state index in [4.69, 9.17) is 16.3 Å². The first-order valence-corrected chi connectivity index (χ1v) is 10.4. The van der Waals surface area contributed by atoms with Crippen molar-refractivity contribution in [2.45, 2.75) is 25.7 Å². The maximum atomic E-state index is 12.3. The molecule has 0 aromatic heterocycles. The monoisotopic (exact) mass is 400 g/mol. The number of Topliss-reactive ketones (excluding diaryl/α,β-unsaturated/α-hetero) is 1. The molecule has 1 aliphatic rings. The fourth-order valence-electron chi connectivity index (χ4n) is 3.62. The molecule has 0 atom stereocenters. The molecule has 2 aromatic rings. The Morgan fingerprint density at radius 3 is 2.46 bits per heavy atom. The van der Waals surface area contributed by atoms with Gasteiger partial charge >= 0.3 is 0 Å². The van der Waals surface area contributed by atoms with E-state index in [9.17, 15) is 4.79 Å². The zero-order valence-corrected chi connectivity index (χ0v) is 17.3. The van der Waals surface area contributed by atoms with Gasteiger partial charge in [0.2, 0.25) is 0 Å². The van der Waals surface area contributed by atoms with Gasteiger partial charge in [-0.15, -0.1) is 0 Å². The van der Waals surface area contributed by atoms with Gasteiger partial charge in [-0.05, 0) is 55.8 Å². The predicted molar refractivity (Wildman–Crippen MR) is 116 cm³/mol. The van der Waals surface area contributed by atoms with Crippen LogP contribution in [-0.2, 0) is 0 Å². The molecule has 0 bridgehead atoms. The number of carbonyl (C=O) groups excluding carboxylic acids is 1. The minimum atomic E-state index is 0.204. The Balaban J connectivity index is 1.31. The van der Waals surface area contributed by atoms with E-state index in [-0.39, 0.29) is 5.78 Å². The van der Waals surface area contributed by atoms with E-state index in [1.54, 1.807) is 7.11 Å². The van der Waals surface area contributed by atoms with Crippen LogP contribution in [0.3, 0.4) is 0 Å². The second-order valence-corrected chi connectivity index (χ2v) is 7.71. The second kappa shape index (κ2) is 10.5. The van der Waals surface area contributed by atoms with Gasteiger partial charge in [-0.1, -0.05) is 30.2 Å². The summed E-state index contributed by atoms with van der Waals surface area (Å²) < 4.78 is 5.19. The minimum absolute atomic E-state index is 0.204. The highest BCUT2D eigenvalue weighted by Gasteiger charge is 2.16. The lowest BCUT2D eigenvalue weighted by atomic mass is 10.0. The molecular weight excluding hydrogens is 372 g/mol. The largest absolute Gasteiger partial charge is 0.497 e. The van der Waals surface area contributed by atoms with Gasteiger partial charge in [0.05, 0.1) is 7.11 Å². The zero-order valence-electron chi connectivity index (χ0n) is 16.6. The molecule has 4 nitrogen and oxygen atoms in total. The first-order valence-electron chi connectivity index (χ1n) is 10.1. The lowest BCUT2D eigenvalue weighted by Gasteiger charge is -2.36. The van der Waals surface area contributed by atoms with Crippen molar-refractivity contribution in [2.75, 3.05) is 44.7 Å². The smallest absolute Gasteiger partial charge is 0.163 e. The molecule has 0 N–H and O–H groups in total. The summed E-state index contributed by atoms with van der Waals surface area (Å²) in [5, 5.41) is 0.785. The number of hydrogen-bond donors (Lipinski definition) is 0. The molecule has 1 fully saturated rings. The number of methoxy groups -OCH3 is 1. The first-order chi connectivity index (χ1) is 13.7. The number of ether oxygens (including phenoxy) is 1. The molecule has 1 aliphatic heterocycles. The highest BCUT2D eigenvalue weighted by atomic mass is 35.5. The third-order valence-electron chi connectivity index (χ3n) is 5.33. The van der Waals surface area contributed by atoms with Gasteiger partial charge in [0.15, 0.2) is 5.78 Å². The number of anilines is 1. The van der Waals surface area contributed by atoms with Crippen LogP contribution in [-0.4, -0.2) is 50.5 Å². The Hall–Kier alpha value is -2.04. The molecule has 0 aliphatic carbocycles. The van der Waals surface area contributed by atoms with Gasteiger partial charge in [-0.3, -0.25) is 9.69 Å². The molecule has 3 rings (SSSR count). The van der Waals surface area contributed by atoms with Crippen molar-refractivity contribution in [1.29, 1.82) is 0 Å². The Labute approximate surface area is 173 Å². The summed E-state index contributed by atoms with van der Waals surface area (Å²) in [6.45, 7) is 5.39. The highest BCUT2D eigenvalue weighted by molar-refractivity contribution is 6.30. The van der Waals surface area contributed by atoms with E-state index in [2.05, 4.69) is 21.9 Å². The highest BCUT2D eigenvalue weighted by Crippen LogP contribution is 2.20. The molecule has 0 spiro atoms. The summed E-state index contributed by atoms with van der Waals surface area (Å²) in [4.78, 5) is 17.2. The topological polar surface area (TPSA) is 32.8 Å². The molecule has 1 heterocycles. The van der Waals surface area contributed by atoms with Crippen LogP contribution < -0.4 is 9.64 Å². The van der Waals surface area contributed by atoms with Crippen LogP contribution in [0.15, 0.2) is 48.5 Å². The maximum Gasteiger partial charge on any atom is 0.163 e. The number of halogens is 1. The number of benzene rings is 2. The van der Waals surface area contributed by atoms with E-state index in [0.29, 0.717) is 6.42 Å². The number of ketones is 1. The number of nitrogens with zero attached hydrogens (tertiary/aromatic N) is 2. The van der Waals surface area contributed by atoms with E-state index in [1.165, 1.54) is 5.69 Å². The Kier molecular flexibility index (Phi) is 7.75. The summed E-state index contributed by atoms with van der Waals surface area (Å²) in [5.41, 5.74) is 2.00. The summed E-state index contributed by atoms with van der Waals surface area (Å²) in [6.07, 6.45) is 3.79. The average Bonchev–Trinajstić information content (AvgIpc) is 2.74. The number of carbonyl (C=O) groups is 1. The van der Waals surface area contributed by atoms with Crippen LogP contribution in [0.1, 0.15) is 36.0 Å². The molecule has 5 heteroatoms. The molecule has 1 saturated heterocycles. The molecule has 150 valence electrons. The van der Waals surface area contributed by atoms with Crippen LogP contribution in [0.4, 0.5) is 5.69 Å². The number of unbranched alkanes of at least 4 members (excludes halogenated alkanes) is 2. The Morgan fingerprint density at radius 1 is 1.00 bits per heavy atom. The van der Waals surface area contributed by atoms with Gasteiger partial charge in [-0.2, -0.15) is 0 Å². The van der Waals surface area contributed by atoms with Crippen molar-refractivity contribution >= 4 is 23.1 Å². The standard InChI is InChI=1S/C23H29ClN2O2/c1-28-22-7-5-6-19(18-22)23(27)8-3-2-4-13-25-14-16-26(17-15-25)21-11-9-20(24)10-12-21/h5-7,9-12,18H,2-4,8,13-17H2,1H3. The van der Waals surface area contributed by atoms with Crippen molar-refractivity contribution in [1.82, 2.24) is 4.90 Å². The number of piperazine rings is 1. The van der Waals surface area contributed by atoms with Gasteiger partial charge in [0, 0.05) is 48.9 Å². The average molecular weight is 401 g/mol. The molecule has 0 radical (unpaired) electrons. The summed E-state index contributed by atoms with van der Waals surface area (Å²) in [5.74, 6) is 0.944. The SMILES string of the molecule is COc1cccc(C(=O)CCCCCN2CCN(c3ccc(Cl)cc3)CC2)c1. The Bertz CT molecular complexity index is 755. The second-order valence-electron chi connectivity index (χ2n) is 7.27. The Morgan fingerprint density at radius 2 is 1.75 bits per heavy atom. The fraction of sp³-hybridized carbons (Fsp3) is 0.435. The fourth-order valence-corrected chi connectivity index (χ4v) is 3.75. The van der Waals surface area contributed by atoms with Crippen LogP contribution >= 0.6 is 11.6 Å². The van der Waals surface area contributed by atoms with E-state index >= 15 is 0 Å². The van der Waals surface area contributed by atoms with E-state index in [0.717, 1.165) is 68.3 Å². The van der Waals surface area contributed by atoms with E-state index < -0.39 is 0 Å². The van der Waals surface area contributed by atoms with Gasteiger partial charge in [0.1, 0.15) is 5.75 Å². The van der Waals surface area contributed by atoms with Crippen LogP contribution in [0, 0.1) is 0 Å². The summed E-state index contributed by atoms with van der Waals surface area (Å²) in [6, 6.07) is 15.5. The van der Waals surface area contributed by atoms with Crippen molar-refractivity contribution in [2.24, 2.45) is 0 Å². The van der Waals surface area contributed by atoms with Gasteiger partial charge in [-0.25, -0.2) is 0 Å². The van der Waals surface area contributed by atoms with Gasteiger partial charge in [0.25, 0.3) is 0 Å². The lowest BCUT2D eigenvalue weighted by molar-refractivity contribution is 0.0978. The molecule has 28 heavy (non-hydrogen) atoms. The normalized spacial score (nSPS) is 14.9. The third-order valence-corrected chi connectivity index (χ3v) is 5.59. The van der Waals surface area contributed by atoms with Crippen molar-refractivity contribution in [3.05, 3.63) is 59.1 Å². The molecule has 0 saturated carbocycles. The van der Waals surface area contributed by atoms with E-state index in [1.807, 2.05) is 36.4 Å². The maximum absolute atomic E-state index is 12.3. The lowest BCUT2D eigenvalue weighted by Crippen LogP contribution is -2.46. The third kappa shape index (κ3) is 5.98. The first kappa shape index (κ1) is 20.7. The minimum Gasteiger partial charge on any atom is -0.497 e. The predicted octanol–water partition coefficient (Wildman–Crippen LogP) is 4.91.